The Hall–Kier alpha value is -1.89. The van der Waals surface area contributed by atoms with Crippen molar-refractivity contribution < 1.29 is 14.7 Å². The minimum Gasteiger partial charge on any atom is -0.391 e. The van der Waals surface area contributed by atoms with Crippen molar-refractivity contribution in [3.05, 3.63) is 18.2 Å². The maximum atomic E-state index is 12.6. The summed E-state index contributed by atoms with van der Waals surface area (Å²) in [7, 11) is 1.84. The summed E-state index contributed by atoms with van der Waals surface area (Å²) in [4.78, 5) is 32.4. The summed E-state index contributed by atoms with van der Waals surface area (Å²) in [6, 6.07) is 0. The zero-order chi connectivity index (χ0) is 18.4. The van der Waals surface area contributed by atoms with Crippen LogP contribution in [0.3, 0.4) is 0 Å². The van der Waals surface area contributed by atoms with Crippen LogP contribution in [-0.2, 0) is 11.8 Å². The quantitative estimate of drug-likeness (QED) is 0.822. The number of rotatable bonds is 1. The molecule has 1 aromatic heterocycles. The van der Waals surface area contributed by atoms with E-state index in [1.165, 1.54) is 0 Å². The number of aliphatic hydroxyl groups excluding tert-OH is 1. The van der Waals surface area contributed by atoms with Crippen molar-refractivity contribution in [2.45, 2.75) is 51.7 Å². The number of aliphatic hydroxyl groups is 1. The molecule has 2 aliphatic heterocycles. The summed E-state index contributed by atoms with van der Waals surface area (Å²) < 4.78 is 1.77. The number of amides is 2. The summed E-state index contributed by atoms with van der Waals surface area (Å²) in [6.45, 7) is 7.32. The van der Waals surface area contributed by atoms with Gasteiger partial charge in [0.2, 0.25) is 5.91 Å². The minimum atomic E-state index is -0.553. The number of imidazole rings is 1. The average Bonchev–Trinajstić information content (AvgIpc) is 2.98. The molecule has 3 heterocycles. The molecule has 0 aliphatic carbocycles. The molecule has 25 heavy (non-hydrogen) atoms. The van der Waals surface area contributed by atoms with Crippen LogP contribution in [-0.4, -0.2) is 67.5 Å². The smallest absolute Gasteiger partial charge is 0.274 e. The topological polar surface area (TPSA) is 78.7 Å². The fourth-order valence-electron chi connectivity index (χ4n) is 4.19. The largest absolute Gasteiger partial charge is 0.391 e. The molecule has 1 aromatic rings. The van der Waals surface area contributed by atoms with Gasteiger partial charge in [0.25, 0.3) is 5.91 Å². The predicted octanol–water partition coefficient (Wildman–Crippen LogP) is 1.03. The summed E-state index contributed by atoms with van der Waals surface area (Å²) in [5.74, 6) is -0.0503. The molecule has 2 saturated heterocycles. The van der Waals surface area contributed by atoms with E-state index in [0.29, 0.717) is 31.7 Å². The van der Waals surface area contributed by atoms with Crippen molar-refractivity contribution >= 4 is 11.8 Å². The summed E-state index contributed by atoms with van der Waals surface area (Å²) >= 11 is 0. The number of aryl methyl sites for hydroxylation is 1. The van der Waals surface area contributed by atoms with Crippen LogP contribution < -0.4 is 0 Å². The third-order valence-corrected chi connectivity index (χ3v) is 6.05. The van der Waals surface area contributed by atoms with Crippen molar-refractivity contribution in [3.8, 4) is 0 Å². The van der Waals surface area contributed by atoms with Gasteiger partial charge in [0.05, 0.1) is 18.0 Å². The van der Waals surface area contributed by atoms with Crippen LogP contribution in [0.5, 0.6) is 0 Å². The number of carbonyl (C=O) groups excluding carboxylic acids is 2. The Morgan fingerprint density at radius 3 is 2.44 bits per heavy atom. The molecule has 0 radical (unpaired) electrons. The Bertz CT molecular complexity index is 674. The standard InChI is InChI=1S/C18H28N4O3/c1-13(23)22-11-18(9-15(24)17(22,2)3)5-7-21(8-6-18)16(25)14-10-20(4)12-19-14/h10,12,15,24H,5-9,11H2,1-4H3/t15-/m1/s1. The van der Waals surface area contributed by atoms with Crippen molar-refractivity contribution in [3.63, 3.8) is 0 Å². The Morgan fingerprint density at radius 2 is 1.92 bits per heavy atom. The van der Waals surface area contributed by atoms with E-state index in [2.05, 4.69) is 4.98 Å². The summed E-state index contributed by atoms with van der Waals surface area (Å²) in [6.07, 6.45) is 5.07. The number of aromatic nitrogens is 2. The Kier molecular flexibility index (Phi) is 4.39. The molecule has 0 saturated carbocycles. The van der Waals surface area contributed by atoms with Gasteiger partial charge in [-0.2, -0.15) is 0 Å². The van der Waals surface area contributed by atoms with Crippen LogP contribution in [0.15, 0.2) is 12.5 Å². The van der Waals surface area contributed by atoms with E-state index in [4.69, 9.17) is 0 Å². The average molecular weight is 348 g/mol. The van der Waals surface area contributed by atoms with Gasteiger partial charge in [-0.25, -0.2) is 4.98 Å². The molecule has 2 aliphatic rings. The molecule has 3 rings (SSSR count). The Labute approximate surface area is 148 Å². The van der Waals surface area contributed by atoms with E-state index < -0.39 is 11.6 Å². The van der Waals surface area contributed by atoms with Gasteiger partial charge in [-0.1, -0.05) is 0 Å². The van der Waals surface area contributed by atoms with Gasteiger partial charge >= 0.3 is 0 Å². The lowest BCUT2D eigenvalue weighted by Crippen LogP contribution is -2.64. The molecule has 0 unspecified atom stereocenters. The van der Waals surface area contributed by atoms with Gasteiger partial charge in [-0.3, -0.25) is 9.59 Å². The van der Waals surface area contributed by atoms with E-state index in [1.54, 1.807) is 28.9 Å². The van der Waals surface area contributed by atoms with Crippen molar-refractivity contribution in [2.24, 2.45) is 12.5 Å². The molecule has 0 bridgehead atoms. The van der Waals surface area contributed by atoms with Crippen LogP contribution >= 0.6 is 0 Å². The van der Waals surface area contributed by atoms with Crippen LogP contribution in [0.1, 0.15) is 50.5 Å². The fraction of sp³-hybridized carbons (Fsp3) is 0.722. The number of nitrogens with zero attached hydrogens (tertiary/aromatic N) is 4. The third-order valence-electron chi connectivity index (χ3n) is 6.05. The number of carbonyl (C=O) groups is 2. The number of likely N-dealkylation sites (tertiary alicyclic amines) is 2. The molecule has 2 amide bonds. The predicted molar refractivity (Wildman–Crippen MR) is 92.9 cm³/mol. The van der Waals surface area contributed by atoms with E-state index in [1.807, 2.05) is 25.8 Å². The van der Waals surface area contributed by atoms with Gasteiger partial charge in [0.15, 0.2) is 0 Å². The van der Waals surface area contributed by atoms with Crippen molar-refractivity contribution in [1.29, 1.82) is 0 Å². The molecule has 1 N–H and O–H groups in total. The number of hydrogen-bond donors (Lipinski definition) is 1. The summed E-state index contributed by atoms with van der Waals surface area (Å²) in [5.41, 5.74) is -0.187. The van der Waals surface area contributed by atoms with E-state index >= 15 is 0 Å². The van der Waals surface area contributed by atoms with Crippen LogP contribution in [0.2, 0.25) is 0 Å². The second kappa shape index (κ2) is 6.12. The first-order valence-electron chi connectivity index (χ1n) is 8.88. The molecule has 7 heteroatoms. The van der Waals surface area contributed by atoms with Crippen molar-refractivity contribution in [2.75, 3.05) is 19.6 Å². The molecule has 2 fully saturated rings. The molecule has 0 aromatic carbocycles. The Morgan fingerprint density at radius 1 is 1.28 bits per heavy atom. The lowest BCUT2D eigenvalue weighted by molar-refractivity contribution is -0.156. The normalized spacial score (nSPS) is 25.2. The van der Waals surface area contributed by atoms with E-state index in [9.17, 15) is 14.7 Å². The highest BCUT2D eigenvalue weighted by Gasteiger charge is 2.50. The molecular formula is C18H28N4O3. The van der Waals surface area contributed by atoms with Gasteiger partial charge in [-0.05, 0) is 38.5 Å². The first-order chi connectivity index (χ1) is 11.6. The van der Waals surface area contributed by atoms with Crippen LogP contribution in [0.25, 0.3) is 0 Å². The second-order valence-corrected chi connectivity index (χ2v) is 8.20. The zero-order valence-electron chi connectivity index (χ0n) is 15.5. The van der Waals surface area contributed by atoms with E-state index in [0.717, 1.165) is 12.8 Å². The molecular weight excluding hydrogens is 320 g/mol. The van der Waals surface area contributed by atoms with Gasteiger partial charge in [-0.15, -0.1) is 0 Å². The van der Waals surface area contributed by atoms with E-state index in [-0.39, 0.29) is 17.2 Å². The molecule has 7 nitrogen and oxygen atoms in total. The number of piperidine rings is 2. The summed E-state index contributed by atoms with van der Waals surface area (Å²) in [5, 5.41) is 10.6. The first kappa shape index (κ1) is 17.9. The highest BCUT2D eigenvalue weighted by Crippen LogP contribution is 2.45. The SMILES string of the molecule is CC(=O)N1CC2(CCN(C(=O)c3cn(C)cn3)CC2)C[C@@H](O)C1(C)C. The monoisotopic (exact) mass is 348 g/mol. The zero-order valence-corrected chi connectivity index (χ0v) is 15.5. The minimum absolute atomic E-state index is 0.00452. The lowest BCUT2D eigenvalue weighted by Gasteiger charge is -2.55. The highest BCUT2D eigenvalue weighted by molar-refractivity contribution is 5.92. The van der Waals surface area contributed by atoms with Gasteiger partial charge in [0, 0.05) is 39.8 Å². The second-order valence-electron chi connectivity index (χ2n) is 8.20. The Balaban J connectivity index is 1.70. The highest BCUT2D eigenvalue weighted by atomic mass is 16.3. The van der Waals surface area contributed by atoms with Crippen LogP contribution in [0, 0.1) is 5.41 Å². The maximum absolute atomic E-state index is 12.6. The maximum Gasteiger partial charge on any atom is 0.274 e. The first-order valence-corrected chi connectivity index (χ1v) is 8.88. The van der Waals surface area contributed by atoms with Gasteiger partial charge in [0.1, 0.15) is 5.69 Å². The third kappa shape index (κ3) is 3.17. The van der Waals surface area contributed by atoms with Gasteiger partial charge < -0.3 is 19.5 Å². The lowest BCUT2D eigenvalue weighted by atomic mass is 9.67. The number of hydrogen-bond acceptors (Lipinski definition) is 4. The fourth-order valence-corrected chi connectivity index (χ4v) is 4.19. The molecule has 1 spiro atoms. The molecule has 138 valence electrons. The van der Waals surface area contributed by atoms with Crippen LogP contribution in [0.4, 0.5) is 0 Å². The molecule has 1 atom stereocenters. The van der Waals surface area contributed by atoms with Crippen molar-refractivity contribution in [1.82, 2.24) is 19.4 Å².